The maximum absolute atomic E-state index is 11.4. The quantitative estimate of drug-likeness (QED) is 0.853. The molecule has 6 heteroatoms. The molecule has 2 N–H and O–H groups in total. The van der Waals surface area contributed by atoms with Crippen molar-refractivity contribution in [1.82, 2.24) is 0 Å². The van der Waals surface area contributed by atoms with Crippen LogP contribution in [0.15, 0.2) is 12.1 Å². The molecule has 0 atom stereocenters. The number of halogens is 1. The maximum Gasteiger partial charge on any atom is 0.314 e. The van der Waals surface area contributed by atoms with Gasteiger partial charge in [0.2, 0.25) is 6.79 Å². The molecule has 1 aliphatic heterocycles. The smallest absolute Gasteiger partial charge is 0.314 e. The Morgan fingerprint density at radius 3 is 2.72 bits per heavy atom. The number of carboxylic acids is 1. The summed E-state index contributed by atoms with van der Waals surface area (Å²) in [5.41, 5.74) is -0.515. The highest BCUT2D eigenvalue weighted by molar-refractivity contribution is 6.32. The minimum atomic E-state index is -1.07. The van der Waals surface area contributed by atoms with Crippen molar-refractivity contribution in [3.8, 4) is 11.5 Å². The summed E-state index contributed by atoms with van der Waals surface area (Å²) in [7, 11) is 0. The Balaban J connectivity index is 2.07. The molecule has 2 aliphatic rings. The predicted octanol–water partition coefficient (Wildman–Crippen LogP) is 1.55. The fraction of sp³-hybridized carbons (Fsp3) is 0.417. The number of hydrogen-bond donors (Lipinski definition) is 2. The van der Waals surface area contributed by atoms with Crippen LogP contribution >= 0.6 is 11.6 Å². The lowest BCUT2D eigenvalue weighted by molar-refractivity contribution is -0.152. The molecule has 1 aliphatic carbocycles. The van der Waals surface area contributed by atoms with Gasteiger partial charge in [-0.1, -0.05) is 11.6 Å². The molecule has 96 valence electrons. The van der Waals surface area contributed by atoms with Crippen molar-refractivity contribution in [2.75, 3.05) is 6.79 Å². The molecule has 0 bridgehead atoms. The summed E-state index contributed by atoms with van der Waals surface area (Å²) in [6.07, 6.45) is -0.193. The van der Waals surface area contributed by atoms with Crippen LogP contribution in [-0.4, -0.2) is 29.1 Å². The molecule has 0 radical (unpaired) electrons. The van der Waals surface area contributed by atoms with E-state index in [1.807, 2.05) is 0 Å². The Bertz CT molecular complexity index is 521. The Labute approximate surface area is 108 Å². The van der Waals surface area contributed by atoms with E-state index in [2.05, 4.69) is 0 Å². The summed E-state index contributed by atoms with van der Waals surface area (Å²) in [5, 5.41) is 19.1. The van der Waals surface area contributed by atoms with E-state index in [0.29, 0.717) is 22.1 Å². The minimum absolute atomic E-state index is 0.0845. The standard InChI is InChI=1S/C12H11ClO5/c13-8-1-6(2-9-10(8)18-5-17-9)12(11(15)16)3-7(14)4-12/h1-2,7,14H,3-5H2,(H,15,16). The van der Waals surface area contributed by atoms with Gasteiger partial charge in [0.25, 0.3) is 0 Å². The Morgan fingerprint density at radius 1 is 1.39 bits per heavy atom. The third-order valence-corrected chi connectivity index (χ3v) is 3.84. The second kappa shape index (κ2) is 3.76. The lowest BCUT2D eigenvalue weighted by Gasteiger charge is -2.42. The van der Waals surface area contributed by atoms with Gasteiger partial charge in [0.15, 0.2) is 11.5 Å². The predicted molar refractivity (Wildman–Crippen MR) is 62.1 cm³/mol. The fourth-order valence-electron chi connectivity index (χ4n) is 2.52. The first-order valence-corrected chi connectivity index (χ1v) is 5.92. The molecule has 0 unspecified atom stereocenters. The van der Waals surface area contributed by atoms with Gasteiger partial charge >= 0.3 is 5.97 Å². The van der Waals surface area contributed by atoms with Gasteiger partial charge in [0.05, 0.1) is 16.5 Å². The van der Waals surface area contributed by atoms with Crippen molar-refractivity contribution in [2.45, 2.75) is 24.4 Å². The molecule has 3 rings (SSSR count). The molecular weight excluding hydrogens is 260 g/mol. The van der Waals surface area contributed by atoms with E-state index in [1.165, 1.54) is 0 Å². The highest BCUT2D eigenvalue weighted by Gasteiger charge is 2.52. The molecular formula is C12H11ClO5. The highest BCUT2D eigenvalue weighted by Crippen LogP contribution is 2.49. The van der Waals surface area contributed by atoms with Crippen molar-refractivity contribution < 1.29 is 24.5 Å². The molecule has 18 heavy (non-hydrogen) atoms. The molecule has 1 aromatic rings. The van der Waals surface area contributed by atoms with Crippen LogP contribution in [0.4, 0.5) is 0 Å². The van der Waals surface area contributed by atoms with E-state index in [4.69, 9.17) is 21.1 Å². The number of ether oxygens (including phenoxy) is 2. The third kappa shape index (κ3) is 1.47. The van der Waals surface area contributed by atoms with Crippen molar-refractivity contribution >= 4 is 17.6 Å². The third-order valence-electron chi connectivity index (χ3n) is 3.56. The number of carboxylic acid groups (broad SMARTS) is 1. The molecule has 5 nitrogen and oxygen atoms in total. The average molecular weight is 271 g/mol. The van der Waals surface area contributed by atoms with Gasteiger partial charge in [-0.15, -0.1) is 0 Å². The molecule has 1 aromatic carbocycles. The first-order chi connectivity index (χ1) is 8.53. The van der Waals surface area contributed by atoms with Crippen molar-refractivity contribution in [1.29, 1.82) is 0 Å². The minimum Gasteiger partial charge on any atom is -0.481 e. The molecule has 1 saturated carbocycles. The van der Waals surface area contributed by atoms with Crippen LogP contribution in [0.5, 0.6) is 11.5 Å². The van der Waals surface area contributed by atoms with E-state index < -0.39 is 17.5 Å². The van der Waals surface area contributed by atoms with Gasteiger partial charge in [-0.25, -0.2) is 0 Å². The molecule has 1 heterocycles. The number of aliphatic hydroxyl groups excluding tert-OH is 1. The van der Waals surface area contributed by atoms with E-state index in [0.717, 1.165) is 0 Å². The number of aliphatic hydroxyl groups is 1. The summed E-state index contributed by atoms with van der Waals surface area (Å²) in [6.45, 7) is 0.0845. The van der Waals surface area contributed by atoms with Crippen LogP contribution < -0.4 is 9.47 Å². The van der Waals surface area contributed by atoms with E-state index in [1.54, 1.807) is 12.1 Å². The number of benzene rings is 1. The summed E-state index contributed by atoms with van der Waals surface area (Å²) in [5.74, 6) is -0.0527. The first kappa shape index (κ1) is 11.6. The van der Waals surface area contributed by atoms with Gasteiger partial charge < -0.3 is 19.7 Å². The fourth-order valence-corrected chi connectivity index (χ4v) is 2.79. The maximum atomic E-state index is 11.4. The van der Waals surface area contributed by atoms with Crippen LogP contribution in [0.3, 0.4) is 0 Å². The summed E-state index contributed by atoms with van der Waals surface area (Å²) >= 11 is 6.04. The average Bonchev–Trinajstić information content (AvgIpc) is 2.72. The largest absolute Gasteiger partial charge is 0.481 e. The Hall–Kier alpha value is -1.46. The molecule has 0 amide bonds. The lowest BCUT2D eigenvalue weighted by Crippen LogP contribution is -2.50. The zero-order valence-electron chi connectivity index (χ0n) is 9.35. The molecule has 0 aromatic heterocycles. The van der Waals surface area contributed by atoms with Gasteiger partial charge in [0, 0.05) is 0 Å². The topological polar surface area (TPSA) is 76.0 Å². The van der Waals surface area contributed by atoms with Gasteiger partial charge in [-0.2, -0.15) is 0 Å². The van der Waals surface area contributed by atoms with Gasteiger partial charge in [0.1, 0.15) is 0 Å². The Morgan fingerprint density at radius 2 is 2.11 bits per heavy atom. The Kier molecular flexibility index (Phi) is 2.43. The second-order valence-corrected chi connectivity index (χ2v) is 5.05. The summed E-state index contributed by atoms with van der Waals surface area (Å²) < 4.78 is 10.4. The van der Waals surface area contributed by atoms with Crippen LogP contribution in [0, 0.1) is 0 Å². The van der Waals surface area contributed by atoms with Crippen LogP contribution in [0.2, 0.25) is 5.02 Å². The SMILES string of the molecule is O=C(O)C1(c2cc(Cl)c3c(c2)OCO3)CC(O)C1. The number of rotatable bonds is 2. The van der Waals surface area contributed by atoms with Gasteiger partial charge in [-0.3, -0.25) is 4.79 Å². The van der Waals surface area contributed by atoms with E-state index in [9.17, 15) is 15.0 Å². The van der Waals surface area contributed by atoms with E-state index >= 15 is 0 Å². The summed E-state index contributed by atoms with van der Waals surface area (Å²) in [6, 6.07) is 3.21. The van der Waals surface area contributed by atoms with E-state index in [-0.39, 0.29) is 19.6 Å². The normalized spacial score (nSPS) is 28.9. The monoisotopic (exact) mass is 270 g/mol. The second-order valence-electron chi connectivity index (χ2n) is 4.64. The van der Waals surface area contributed by atoms with Crippen molar-refractivity contribution in [3.63, 3.8) is 0 Å². The van der Waals surface area contributed by atoms with Gasteiger partial charge in [-0.05, 0) is 30.5 Å². The molecule has 1 fully saturated rings. The van der Waals surface area contributed by atoms with Crippen molar-refractivity contribution in [2.24, 2.45) is 0 Å². The van der Waals surface area contributed by atoms with Crippen LogP contribution in [-0.2, 0) is 10.2 Å². The van der Waals surface area contributed by atoms with Crippen LogP contribution in [0.1, 0.15) is 18.4 Å². The number of fused-ring (bicyclic) bond motifs is 1. The molecule has 0 saturated heterocycles. The number of aliphatic carboxylic acids is 1. The molecule has 0 spiro atoms. The first-order valence-electron chi connectivity index (χ1n) is 5.54. The highest BCUT2D eigenvalue weighted by atomic mass is 35.5. The lowest BCUT2D eigenvalue weighted by atomic mass is 9.62. The van der Waals surface area contributed by atoms with Crippen LogP contribution in [0.25, 0.3) is 0 Å². The number of hydrogen-bond acceptors (Lipinski definition) is 4. The van der Waals surface area contributed by atoms with Crippen molar-refractivity contribution in [3.05, 3.63) is 22.7 Å². The zero-order chi connectivity index (χ0) is 12.9. The summed E-state index contributed by atoms with van der Waals surface area (Å²) in [4.78, 5) is 11.4. The zero-order valence-corrected chi connectivity index (χ0v) is 10.1. The number of carbonyl (C=O) groups is 1.